The van der Waals surface area contributed by atoms with Gasteiger partial charge in [-0.05, 0) is 156 Å². The van der Waals surface area contributed by atoms with Crippen molar-refractivity contribution < 1.29 is 159 Å². The number of anilines is 2. The van der Waals surface area contributed by atoms with E-state index in [1.807, 2.05) is 44.9 Å². The molecule has 8 amide bonds. The molecule has 0 spiro atoms. The average Bonchev–Trinajstić information content (AvgIpc) is 1.60. The first-order valence-electron chi connectivity index (χ1n) is 48.3. The Morgan fingerprint density at radius 2 is 0.833 bits per heavy atom. The number of carbonyl (C=O) groups is 18. The second-order valence-corrected chi connectivity index (χ2v) is 37.7. The summed E-state index contributed by atoms with van der Waals surface area (Å²) in [6, 6.07) is 25.8. The number of ketones is 2. The Balaban J connectivity index is 1.31. The van der Waals surface area contributed by atoms with Gasteiger partial charge in [0.2, 0.25) is 35.4 Å². The number of rotatable bonds is 64. The number of carbonyl (C=O) groups excluding carboxylic acids is 14. The summed E-state index contributed by atoms with van der Waals surface area (Å²) in [6.45, 7) is 10.5. The number of ether oxygens (including phenoxy) is 11. The molecule has 3 heterocycles. The van der Waals surface area contributed by atoms with E-state index in [-0.39, 0.29) is 93.8 Å². The number of methoxy groups -OCH3 is 7. The van der Waals surface area contributed by atoms with Gasteiger partial charge in [0.25, 0.3) is 11.8 Å². The minimum absolute atomic E-state index is 0.00508. The number of cyclic esters (lactones) is 2. The van der Waals surface area contributed by atoms with Crippen molar-refractivity contribution in [3.05, 3.63) is 125 Å². The highest BCUT2D eigenvalue weighted by atomic mass is 16.6. The number of hydrogen-bond donors (Lipinski definition) is 8. The maximum Gasteiger partial charge on any atom is 0.320 e. The quantitative estimate of drug-likeness (QED) is 0.00555. The Hall–Kier alpha value is -12.5. The molecule has 41 nitrogen and oxygen atoms in total. The third-order valence-electron chi connectivity index (χ3n) is 27.0. The fourth-order valence-electron chi connectivity index (χ4n) is 19.2. The van der Waals surface area contributed by atoms with Crippen molar-refractivity contribution in [1.82, 2.24) is 31.1 Å². The fourth-order valence-corrected chi connectivity index (χ4v) is 19.2. The smallest absolute Gasteiger partial charge is 0.320 e. The van der Waals surface area contributed by atoms with Crippen molar-refractivity contribution in [2.24, 2.45) is 94.7 Å². The number of carboxylic acid groups (broad SMARTS) is 4. The van der Waals surface area contributed by atoms with Gasteiger partial charge in [0.15, 0.2) is 11.6 Å². The molecule has 8 N–H and O–H groups in total. The molecule has 3 aliphatic rings. The maximum atomic E-state index is 16.0. The lowest BCUT2D eigenvalue weighted by molar-refractivity contribution is -0.169. The van der Waals surface area contributed by atoms with Crippen LogP contribution in [0, 0.1) is 102 Å². The number of aliphatic carboxylic acids is 4. The number of carboxylic acids is 4. The molecule has 0 bridgehead atoms. The van der Waals surface area contributed by atoms with Crippen molar-refractivity contribution in [2.45, 2.75) is 162 Å². The van der Waals surface area contributed by atoms with Gasteiger partial charge in [-0.3, -0.25) is 96.1 Å². The zero-order chi connectivity index (χ0) is 107. The van der Waals surface area contributed by atoms with E-state index in [4.69, 9.17) is 52.1 Å². The first-order valence-corrected chi connectivity index (χ1v) is 48.3. The van der Waals surface area contributed by atoms with Gasteiger partial charge >= 0.3 is 47.8 Å². The van der Waals surface area contributed by atoms with E-state index in [0.29, 0.717) is 11.1 Å². The number of esters is 4. The van der Waals surface area contributed by atoms with Gasteiger partial charge in [0.05, 0.1) is 139 Å². The van der Waals surface area contributed by atoms with Crippen molar-refractivity contribution in [1.29, 1.82) is 0 Å². The van der Waals surface area contributed by atoms with Gasteiger partial charge in [-0.15, -0.1) is 0 Å². The highest BCUT2D eigenvalue weighted by Crippen LogP contribution is 2.46. The Morgan fingerprint density at radius 1 is 0.424 bits per heavy atom. The van der Waals surface area contributed by atoms with E-state index in [2.05, 4.69) is 21.3 Å². The van der Waals surface area contributed by atoms with E-state index >= 15 is 28.8 Å². The van der Waals surface area contributed by atoms with Gasteiger partial charge in [-0.2, -0.15) is 0 Å². The van der Waals surface area contributed by atoms with Crippen LogP contribution in [0.2, 0.25) is 0 Å². The van der Waals surface area contributed by atoms with E-state index < -0.39 is 290 Å². The van der Waals surface area contributed by atoms with E-state index in [1.165, 1.54) is 45.2 Å². The largest absolute Gasteiger partial charge is 0.490 e. The molecule has 21 atom stereocenters. The number of imide groups is 2. The number of benzene rings is 4. The van der Waals surface area contributed by atoms with Gasteiger partial charge in [-0.25, -0.2) is 0 Å². The molecule has 0 saturated carbocycles. The van der Waals surface area contributed by atoms with Crippen LogP contribution in [0.25, 0.3) is 0 Å². The number of nitrogens with zero attached hydrogens (tertiary/aromatic N) is 4. The van der Waals surface area contributed by atoms with Gasteiger partial charge in [0.1, 0.15) is 19.0 Å². The van der Waals surface area contributed by atoms with Crippen LogP contribution in [-0.4, -0.2) is 317 Å². The highest BCUT2D eigenvalue weighted by molar-refractivity contribution is 6.14. The summed E-state index contributed by atoms with van der Waals surface area (Å²) in [4.78, 5) is 265. The predicted octanol–water partition coefficient (Wildman–Crippen LogP) is 6.91. The second-order valence-electron chi connectivity index (χ2n) is 37.7. The monoisotopic (exact) mass is 2020 g/mol. The lowest BCUT2D eigenvalue weighted by Crippen LogP contribution is -2.50. The lowest BCUT2D eigenvalue weighted by Gasteiger charge is -2.37. The zero-order valence-electron chi connectivity index (χ0n) is 85.4. The molecule has 3 saturated heterocycles. The Kier molecular flexibility index (Phi) is 46.6. The molecule has 0 aliphatic carbocycles. The number of aryl methyl sites for hydroxylation is 1. The molecular formula is C103H142N8O33. The van der Waals surface area contributed by atoms with E-state index in [9.17, 15) is 78.0 Å². The summed E-state index contributed by atoms with van der Waals surface area (Å²) in [5.41, 5.74) is 3.63. The molecule has 4 aromatic rings. The topological polar surface area (TPSA) is 551 Å². The first-order chi connectivity index (χ1) is 68.3. The second kappa shape index (κ2) is 56.7. The van der Waals surface area contributed by atoms with Crippen LogP contribution < -0.4 is 35.8 Å². The number of hydrogen-bond acceptors (Lipinski definition) is 31. The van der Waals surface area contributed by atoms with Crippen LogP contribution in [0.1, 0.15) is 160 Å². The van der Waals surface area contributed by atoms with Gasteiger partial charge in [0, 0.05) is 151 Å². The summed E-state index contributed by atoms with van der Waals surface area (Å²) in [6.07, 6.45) is -17.0. The third-order valence-corrected chi connectivity index (χ3v) is 27.0. The Labute approximate surface area is 838 Å². The van der Waals surface area contributed by atoms with Crippen LogP contribution in [-0.2, 0) is 114 Å². The molecule has 144 heavy (non-hydrogen) atoms. The zero-order valence-corrected chi connectivity index (χ0v) is 85.4. The number of likely N-dealkylation sites (tertiary alicyclic amines) is 2. The summed E-state index contributed by atoms with van der Waals surface area (Å²) in [5, 5.41) is 57.1. The minimum Gasteiger partial charge on any atom is -0.490 e. The predicted molar refractivity (Wildman–Crippen MR) is 518 cm³/mol. The lowest BCUT2D eigenvalue weighted by atomic mass is 9.72. The summed E-state index contributed by atoms with van der Waals surface area (Å²) < 4.78 is 64.0. The molecule has 792 valence electrons. The van der Waals surface area contributed by atoms with Crippen LogP contribution in [0.3, 0.4) is 0 Å². The Bertz CT molecular complexity index is 5070. The van der Waals surface area contributed by atoms with Crippen LogP contribution in [0.4, 0.5) is 11.4 Å². The molecule has 21 unspecified atom stereocenters. The van der Waals surface area contributed by atoms with E-state index in [1.54, 1.807) is 107 Å². The van der Waals surface area contributed by atoms with Crippen LogP contribution in [0.5, 0.6) is 5.75 Å². The third kappa shape index (κ3) is 31.3. The standard InChI is InChI=1S/C103H142N8O33/c1-20-74(134-13)86(102(132)143-45-44-142-65-38-32-60(33-39-65)73(113)52-72(112)59-26-24-57(7)25-27-59)70(98(126)127)51-77(137-16)82(90(116)106-41-22-40-104-88(114)61-28-34-63(35-29-61)108(9)10)68(96(122)123)48-79(139-18)84-66(92(118)110(94(84)120)43-23-42-105-89(115)62-30-36-64(37-31-62)109(11)12)47-78(138-17)85-67(93(119)111(95(85)121)54-56(5)6)46-76(136-15)83(91(117)107-53-55(3)4)69(97(124)125)49-80(140-19)87(101(131)141-21-2)71(99(128)129)50-75(135-14)81-58(8)100(130)144-103(81)133/h24-39,55-56,58,66-71,74-87H,20-23,40-54H2,1-19H3,(H,104,114)(H,105,115)(H,106,116)(H,107,117)(H,122,123)(H,124,125)(H,126,127)(H,128,129). The highest BCUT2D eigenvalue weighted by Gasteiger charge is 2.60. The average molecular weight is 2020 g/mol. The number of Topliss-reactive ketones (excluding diaryl/α,β-unsaturated/α-hetero) is 2. The Morgan fingerprint density at radius 3 is 1.29 bits per heavy atom. The SMILES string of the molecule is CCOC(=O)C(C(CC(C(=O)O)C(C(=O)NCC(C)C)C(CC1C(=O)N(CC(C)C)C(=O)C1C(CC1C(=O)N(CCCNC(=O)c2ccc(N(C)C)cc2)C(=O)C1C(CC(C(=O)O)C(C(=O)NCCCNC(=O)c1ccc(N(C)C)cc1)C(CC(C(=O)O)C(C(=O)OCCOc1ccc(C(=O)CC(=O)c2ccc(C)cc2)cc1)C(CC)OC)OC)OC)OC)OC)OC)C(CC(OC)C1C(=O)OC(=O)C1C)C(=O)O. The fraction of sp³-hybridized carbons (Fsp3) is 0.592. The maximum absolute atomic E-state index is 16.0. The number of nitrogens with one attached hydrogen (secondary N) is 4. The summed E-state index contributed by atoms with van der Waals surface area (Å²) in [5.74, 6) is -45.1. The molecule has 3 aliphatic heterocycles. The molecule has 41 heteroatoms. The number of amides is 8. The normalized spacial score (nSPS) is 19.5. The summed E-state index contributed by atoms with van der Waals surface area (Å²) in [7, 11) is 15.0. The molecule has 4 aromatic carbocycles. The van der Waals surface area contributed by atoms with Crippen molar-refractivity contribution in [2.75, 3.05) is 147 Å². The molecular weight excluding hydrogens is 1880 g/mol. The van der Waals surface area contributed by atoms with Crippen LogP contribution >= 0.6 is 0 Å². The van der Waals surface area contributed by atoms with Gasteiger partial charge in [-0.1, -0.05) is 71.4 Å². The van der Waals surface area contributed by atoms with Crippen molar-refractivity contribution >= 4 is 118 Å². The van der Waals surface area contributed by atoms with E-state index in [0.717, 1.165) is 69.4 Å². The van der Waals surface area contributed by atoms with Crippen molar-refractivity contribution in [3.63, 3.8) is 0 Å². The summed E-state index contributed by atoms with van der Waals surface area (Å²) >= 11 is 0. The molecule has 0 aromatic heterocycles. The molecule has 0 radical (unpaired) electrons. The first kappa shape index (κ1) is 118. The molecule has 3 fully saturated rings. The van der Waals surface area contributed by atoms with Crippen molar-refractivity contribution in [3.8, 4) is 5.75 Å². The van der Waals surface area contributed by atoms with Crippen LogP contribution in [0.15, 0.2) is 97.1 Å². The van der Waals surface area contributed by atoms with Gasteiger partial charge < -0.3 is 104 Å². The minimum atomic E-state index is -2.15. The molecule has 7 rings (SSSR count).